The highest BCUT2D eigenvalue weighted by atomic mass is 16.6. The quantitative estimate of drug-likeness (QED) is 0.416. The van der Waals surface area contributed by atoms with Gasteiger partial charge in [-0.25, -0.2) is 4.79 Å². The lowest BCUT2D eigenvalue weighted by atomic mass is 9.45. The van der Waals surface area contributed by atoms with E-state index in [1.54, 1.807) is 43.3 Å². The van der Waals surface area contributed by atoms with Gasteiger partial charge in [-0.1, -0.05) is 49.8 Å². The molecule has 2 fully saturated rings. The van der Waals surface area contributed by atoms with Crippen molar-refractivity contribution in [2.75, 3.05) is 6.61 Å². The molecule has 0 aliphatic heterocycles. The van der Waals surface area contributed by atoms with Crippen LogP contribution >= 0.6 is 0 Å². The molecule has 2 saturated carbocycles. The maximum absolute atomic E-state index is 13.0. The van der Waals surface area contributed by atoms with E-state index in [2.05, 4.69) is 13.5 Å². The summed E-state index contributed by atoms with van der Waals surface area (Å²) < 4.78 is 5.90. The number of carboxylic acid groups (broad SMARTS) is 1. The molecule has 0 amide bonds. The molecule has 3 N–H and O–H groups in total. The third-order valence-electron chi connectivity index (χ3n) is 8.08. The summed E-state index contributed by atoms with van der Waals surface area (Å²) >= 11 is 0. The predicted octanol–water partition coefficient (Wildman–Crippen LogP) is 4.38. The minimum absolute atomic E-state index is 0.0332. The van der Waals surface area contributed by atoms with E-state index < -0.39 is 40.9 Å². The second-order valence-electron chi connectivity index (χ2n) is 10.1. The molecule has 0 radical (unpaired) electrons. The van der Waals surface area contributed by atoms with Gasteiger partial charge in [0.25, 0.3) is 0 Å². The first-order chi connectivity index (χ1) is 15.6. The molecule has 33 heavy (non-hydrogen) atoms. The van der Waals surface area contributed by atoms with Gasteiger partial charge in [-0.15, -0.1) is 0 Å². The summed E-state index contributed by atoms with van der Waals surface area (Å²) in [5.41, 5.74) is 0.324. The van der Waals surface area contributed by atoms with Crippen LogP contribution in [0.25, 0.3) is 0 Å². The van der Waals surface area contributed by atoms with Crippen LogP contribution in [0.2, 0.25) is 0 Å². The molecule has 0 aromatic heterocycles. The SMILES string of the molecule is C=C1C(O)C(OC(=O)c2ccccc2)C2C(C)(C(=O)O)CCCC2(C)C1CCC(C)=CCO. The van der Waals surface area contributed by atoms with Gasteiger partial charge < -0.3 is 20.1 Å². The van der Waals surface area contributed by atoms with Crippen molar-refractivity contribution < 1.29 is 29.6 Å². The third-order valence-corrected chi connectivity index (χ3v) is 8.08. The van der Waals surface area contributed by atoms with Crippen molar-refractivity contribution in [2.24, 2.45) is 22.7 Å². The molecule has 3 rings (SSSR count). The first kappa shape index (κ1) is 25.2. The Morgan fingerprint density at radius 3 is 2.48 bits per heavy atom. The summed E-state index contributed by atoms with van der Waals surface area (Å²) in [5, 5.41) is 30.8. The van der Waals surface area contributed by atoms with Crippen molar-refractivity contribution in [3.63, 3.8) is 0 Å². The number of fused-ring (bicyclic) bond motifs is 1. The van der Waals surface area contributed by atoms with E-state index in [1.165, 1.54) is 0 Å². The minimum Gasteiger partial charge on any atom is -0.481 e. The standard InChI is InChI=1S/C27H36O6/c1-17(13-16-28)11-12-20-18(2)21(29)22(33-24(30)19-9-6-5-7-10-19)23-26(20,3)14-8-15-27(23,4)25(31)32/h5-7,9-10,13,20-23,28-29H,2,8,11-12,14-16H2,1,3-4H3,(H,31,32). The van der Waals surface area contributed by atoms with Gasteiger partial charge in [0.2, 0.25) is 0 Å². The average Bonchev–Trinajstić information content (AvgIpc) is 2.77. The lowest BCUT2D eigenvalue weighted by Gasteiger charge is -2.60. The van der Waals surface area contributed by atoms with E-state index in [-0.39, 0.29) is 12.5 Å². The number of allylic oxidation sites excluding steroid dienone is 1. The highest BCUT2D eigenvalue weighted by molar-refractivity contribution is 5.89. The number of carboxylic acids is 1. The van der Waals surface area contributed by atoms with Crippen LogP contribution in [0.3, 0.4) is 0 Å². The van der Waals surface area contributed by atoms with Crippen LogP contribution in [-0.4, -0.2) is 46.1 Å². The minimum atomic E-state index is -1.15. The normalized spacial score (nSPS) is 34.5. The number of hydrogen-bond acceptors (Lipinski definition) is 5. The van der Waals surface area contributed by atoms with E-state index in [9.17, 15) is 24.9 Å². The Hall–Kier alpha value is -2.44. The van der Waals surface area contributed by atoms with Crippen LogP contribution in [-0.2, 0) is 9.53 Å². The Labute approximate surface area is 196 Å². The molecule has 0 saturated heterocycles. The largest absolute Gasteiger partial charge is 0.481 e. The molecule has 0 spiro atoms. The van der Waals surface area contributed by atoms with E-state index in [1.807, 2.05) is 6.92 Å². The highest BCUT2D eigenvalue weighted by Crippen LogP contribution is 2.62. The number of aliphatic carboxylic acids is 1. The second kappa shape index (κ2) is 9.82. The van der Waals surface area contributed by atoms with E-state index >= 15 is 0 Å². The Balaban J connectivity index is 2.02. The molecular weight excluding hydrogens is 420 g/mol. The van der Waals surface area contributed by atoms with Crippen LogP contribution in [0.1, 0.15) is 63.2 Å². The molecular formula is C27H36O6. The van der Waals surface area contributed by atoms with Gasteiger partial charge in [-0.05, 0) is 68.6 Å². The molecule has 6 heteroatoms. The van der Waals surface area contributed by atoms with Gasteiger partial charge in [-0.2, -0.15) is 0 Å². The number of carbonyl (C=O) groups excluding carboxylic acids is 1. The molecule has 2 aliphatic rings. The average molecular weight is 457 g/mol. The highest BCUT2D eigenvalue weighted by Gasteiger charge is 2.64. The number of rotatable bonds is 7. The van der Waals surface area contributed by atoms with Gasteiger partial charge in [-0.3, -0.25) is 4.79 Å². The van der Waals surface area contributed by atoms with Crippen molar-refractivity contribution >= 4 is 11.9 Å². The molecule has 1 aromatic rings. The number of benzene rings is 1. The Kier molecular flexibility index (Phi) is 7.49. The van der Waals surface area contributed by atoms with Crippen molar-refractivity contribution in [2.45, 2.75) is 65.1 Å². The van der Waals surface area contributed by atoms with Gasteiger partial charge in [0.05, 0.1) is 17.6 Å². The van der Waals surface area contributed by atoms with Gasteiger partial charge in [0.15, 0.2) is 0 Å². The van der Waals surface area contributed by atoms with Crippen LogP contribution < -0.4 is 0 Å². The van der Waals surface area contributed by atoms with E-state index in [0.717, 1.165) is 18.4 Å². The molecule has 1 aromatic carbocycles. The summed E-state index contributed by atoms with van der Waals surface area (Å²) in [6.07, 6.45) is 2.95. The first-order valence-electron chi connectivity index (χ1n) is 11.7. The first-order valence-corrected chi connectivity index (χ1v) is 11.7. The smallest absolute Gasteiger partial charge is 0.338 e. The maximum Gasteiger partial charge on any atom is 0.338 e. The summed E-state index contributed by atoms with van der Waals surface area (Å²) in [4.78, 5) is 25.5. The van der Waals surface area contributed by atoms with Crippen LogP contribution in [0.4, 0.5) is 0 Å². The summed E-state index contributed by atoms with van der Waals surface area (Å²) in [6.45, 7) is 9.90. The summed E-state index contributed by atoms with van der Waals surface area (Å²) in [5.74, 6) is -2.22. The van der Waals surface area contributed by atoms with Crippen LogP contribution in [0.15, 0.2) is 54.1 Å². The summed E-state index contributed by atoms with van der Waals surface area (Å²) in [7, 11) is 0. The summed E-state index contributed by atoms with van der Waals surface area (Å²) in [6, 6.07) is 8.55. The van der Waals surface area contributed by atoms with Crippen molar-refractivity contribution in [1.82, 2.24) is 0 Å². The number of carbonyl (C=O) groups is 2. The van der Waals surface area contributed by atoms with Gasteiger partial charge in [0, 0.05) is 5.92 Å². The Bertz CT molecular complexity index is 922. The fourth-order valence-corrected chi connectivity index (χ4v) is 6.31. The monoisotopic (exact) mass is 456 g/mol. The number of aliphatic hydroxyl groups is 2. The zero-order valence-electron chi connectivity index (χ0n) is 19.8. The van der Waals surface area contributed by atoms with E-state index in [4.69, 9.17) is 4.74 Å². The fourth-order valence-electron chi connectivity index (χ4n) is 6.31. The number of ether oxygens (including phenoxy) is 1. The number of aliphatic hydroxyl groups excluding tert-OH is 2. The number of hydrogen-bond donors (Lipinski definition) is 3. The molecule has 0 bridgehead atoms. The van der Waals surface area contributed by atoms with Crippen LogP contribution in [0.5, 0.6) is 0 Å². The van der Waals surface area contributed by atoms with Gasteiger partial charge >= 0.3 is 11.9 Å². The van der Waals surface area contributed by atoms with Crippen LogP contribution in [0, 0.1) is 22.7 Å². The molecule has 6 unspecified atom stereocenters. The van der Waals surface area contributed by atoms with Gasteiger partial charge in [0.1, 0.15) is 12.2 Å². The van der Waals surface area contributed by atoms with Crippen molar-refractivity contribution in [1.29, 1.82) is 0 Å². The lowest BCUT2D eigenvalue weighted by molar-refractivity contribution is -0.190. The molecule has 2 aliphatic carbocycles. The third kappa shape index (κ3) is 4.64. The Morgan fingerprint density at radius 2 is 1.88 bits per heavy atom. The van der Waals surface area contributed by atoms with Crippen molar-refractivity contribution in [3.8, 4) is 0 Å². The predicted molar refractivity (Wildman–Crippen MR) is 126 cm³/mol. The maximum atomic E-state index is 13.0. The zero-order valence-corrected chi connectivity index (χ0v) is 19.8. The van der Waals surface area contributed by atoms with E-state index in [0.29, 0.717) is 30.4 Å². The molecule has 6 atom stereocenters. The topological polar surface area (TPSA) is 104 Å². The number of esters is 1. The Morgan fingerprint density at radius 1 is 1.21 bits per heavy atom. The molecule has 180 valence electrons. The molecule has 0 heterocycles. The second-order valence-corrected chi connectivity index (χ2v) is 10.1. The lowest BCUT2D eigenvalue weighted by Crippen LogP contribution is -2.63. The van der Waals surface area contributed by atoms with Crippen molar-refractivity contribution in [3.05, 3.63) is 59.7 Å². The zero-order chi connectivity index (χ0) is 24.4. The fraction of sp³-hybridized carbons (Fsp3) is 0.556. The molecule has 6 nitrogen and oxygen atoms in total.